The highest BCUT2D eigenvalue weighted by molar-refractivity contribution is 6.42. The van der Waals surface area contributed by atoms with Crippen molar-refractivity contribution in [3.8, 4) is 0 Å². The van der Waals surface area contributed by atoms with Crippen LogP contribution in [0.5, 0.6) is 0 Å². The van der Waals surface area contributed by atoms with Crippen LogP contribution < -0.4 is 0 Å². The second-order valence-electron chi connectivity index (χ2n) is 4.82. The molecular formula is C14H17Cl2NO2. The van der Waals surface area contributed by atoms with E-state index in [4.69, 9.17) is 27.9 Å². The Morgan fingerprint density at radius 1 is 1.32 bits per heavy atom. The highest BCUT2D eigenvalue weighted by Crippen LogP contribution is 2.24. The van der Waals surface area contributed by atoms with E-state index in [0.717, 1.165) is 32.5 Å². The Bertz CT molecular complexity index is 457. The van der Waals surface area contributed by atoms with Gasteiger partial charge in [-0.15, -0.1) is 0 Å². The minimum Gasteiger partial charge on any atom is -0.384 e. The first-order valence-corrected chi connectivity index (χ1v) is 7.10. The number of amides is 1. The van der Waals surface area contributed by atoms with Gasteiger partial charge in [0.15, 0.2) is 0 Å². The second-order valence-corrected chi connectivity index (χ2v) is 5.63. The molecule has 5 heteroatoms. The van der Waals surface area contributed by atoms with Gasteiger partial charge in [0.05, 0.1) is 10.0 Å². The van der Waals surface area contributed by atoms with Gasteiger partial charge in [-0.2, -0.15) is 0 Å². The van der Waals surface area contributed by atoms with E-state index in [1.807, 2.05) is 4.90 Å². The standard InChI is InChI=1S/C14H17Cl2NO2/c1-19-9-10-4-6-17(7-5-10)14(18)11-2-3-12(15)13(16)8-11/h2-3,8,10H,4-7,9H2,1H3. The maximum atomic E-state index is 12.3. The van der Waals surface area contributed by atoms with Crippen LogP contribution in [0.3, 0.4) is 0 Å². The summed E-state index contributed by atoms with van der Waals surface area (Å²) < 4.78 is 5.16. The molecule has 0 N–H and O–H groups in total. The third-order valence-corrected chi connectivity index (χ3v) is 4.21. The number of halogens is 2. The summed E-state index contributed by atoms with van der Waals surface area (Å²) in [6, 6.07) is 5.01. The van der Waals surface area contributed by atoms with Crippen LogP contribution >= 0.6 is 23.2 Å². The zero-order valence-corrected chi connectivity index (χ0v) is 12.4. The zero-order valence-electron chi connectivity index (χ0n) is 10.9. The lowest BCUT2D eigenvalue weighted by atomic mass is 9.97. The van der Waals surface area contributed by atoms with Crippen molar-refractivity contribution in [1.82, 2.24) is 4.90 Å². The lowest BCUT2D eigenvalue weighted by Crippen LogP contribution is -2.39. The van der Waals surface area contributed by atoms with E-state index in [0.29, 0.717) is 21.5 Å². The van der Waals surface area contributed by atoms with E-state index >= 15 is 0 Å². The Morgan fingerprint density at radius 3 is 2.58 bits per heavy atom. The van der Waals surface area contributed by atoms with Gasteiger partial charge in [-0.25, -0.2) is 0 Å². The largest absolute Gasteiger partial charge is 0.384 e. The molecule has 1 heterocycles. The fourth-order valence-electron chi connectivity index (χ4n) is 2.35. The predicted molar refractivity (Wildman–Crippen MR) is 77.0 cm³/mol. The van der Waals surface area contributed by atoms with Crippen molar-refractivity contribution in [3.05, 3.63) is 33.8 Å². The van der Waals surface area contributed by atoms with Crippen molar-refractivity contribution in [3.63, 3.8) is 0 Å². The van der Waals surface area contributed by atoms with Crippen molar-refractivity contribution in [2.45, 2.75) is 12.8 Å². The van der Waals surface area contributed by atoms with Crippen molar-refractivity contribution >= 4 is 29.1 Å². The van der Waals surface area contributed by atoms with Crippen LogP contribution in [0.25, 0.3) is 0 Å². The highest BCUT2D eigenvalue weighted by Gasteiger charge is 2.23. The van der Waals surface area contributed by atoms with Crippen LogP contribution in [0, 0.1) is 5.92 Å². The van der Waals surface area contributed by atoms with Crippen LogP contribution in [0.4, 0.5) is 0 Å². The van der Waals surface area contributed by atoms with Crippen molar-refractivity contribution in [2.75, 3.05) is 26.8 Å². The van der Waals surface area contributed by atoms with Gasteiger partial charge in [-0.05, 0) is 37.0 Å². The summed E-state index contributed by atoms with van der Waals surface area (Å²) in [5.41, 5.74) is 0.597. The maximum absolute atomic E-state index is 12.3. The molecule has 104 valence electrons. The number of ether oxygens (including phenoxy) is 1. The Labute approximate surface area is 123 Å². The third-order valence-electron chi connectivity index (χ3n) is 3.47. The van der Waals surface area contributed by atoms with Gasteiger partial charge in [0.2, 0.25) is 0 Å². The normalized spacial score (nSPS) is 16.7. The van der Waals surface area contributed by atoms with Crippen LogP contribution in [-0.4, -0.2) is 37.6 Å². The number of nitrogens with zero attached hydrogens (tertiary/aromatic N) is 1. The monoisotopic (exact) mass is 301 g/mol. The molecule has 19 heavy (non-hydrogen) atoms. The number of likely N-dealkylation sites (tertiary alicyclic amines) is 1. The van der Waals surface area contributed by atoms with Crippen LogP contribution in [-0.2, 0) is 4.74 Å². The molecule has 0 radical (unpaired) electrons. The number of carbonyl (C=O) groups excluding carboxylic acids is 1. The number of methoxy groups -OCH3 is 1. The van der Waals surface area contributed by atoms with E-state index in [1.54, 1.807) is 25.3 Å². The average Bonchev–Trinajstić information content (AvgIpc) is 2.42. The average molecular weight is 302 g/mol. The zero-order chi connectivity index (χ0) is 13.8. The molecule has 0 atom stereocenters. The Kier molecular flexibility index (Phi) is 5.08. The Hall–Kier alpha value is -0.770. The van der Waals surface area contributed by atoms with E-state index in [9.17, 15) is 4.79 Å². The summed E-state index contributed by atoms with van der Waals surface area (Å²) in [5, 5.41) is 0.888. The Balaban J connectivity index is 1.99. The lowest BCUT2D eigenvalue weighted by molar-refractivity contribution is 0.0613. The van der Waals surface area contributed by atoms with Gasteiger partial charge >= 0.3 is 0 Å². The molecule has 1 aliphatic rings. The smallest absolute Gasteiger partial charge is 0.253 e. The molecule has 0 bridgehead atoms. The minimum atomic E-state index is 0.0226. The molecule has 0 aromatic heterocycles. The van der Waals surface area contributed by atoms with E-state index in [1.165, 1.54) is 0 Å². The van der Waals surface area contributed by atoms with Crippen molar-refractivity contribution in [1.29, 1.82) is 0 Å². The number of rotatable bonds is 3. The SMILES string of the molecule is COCC1CCN(C(=O)c2ccc(Cl)c(Cl)c2)CC1. The summed E-state index contributed by atoms with van der Waals surface area (Å²) >= 11 is 11.8. The fourth-order valence-corrected chi connectivity index (χ4v) is 2.65. The first kappa shape index (κ1) is 14.6. The summed E-state index contributed by atoms with van der Waals surface area (Å²) in [4.78, 5) is 14.2. The van der Waals surface area contributed by atoms with Gasteiger partial charge < -0.3 is 9.64 Å². The first-order valence-electron chi connectivity index (χ1n) is 6.35. The van der Waals surface area contributed by atoms with E-state index in [2.05, 4.69) is 0 Å². The number of carbonyl (C=O) groups is 1. The summed E-state index contributed by atoms with van der Waals surface area (Å²) in [6.07, 6.45) is 1.97. The number of piperidine rings is 1. The molecule has 0 spiro atoms. The number of hydrogen-bond acceptors (Lipinski definition) is 2. The lowest BCUT2D eigenvalue weighted by Gasteiger charge is -2.31. The maximum Gasteiger partial charge on any atom is 0.253 e. The first-order chi connectivity index (χ1) is 9.11. The summed E-state index contributed by atoms with van der Waals surface area (Å²) in [5.74, 6) is 0.581. The topological polar surface area (TPSA) is 29.5 Å². The van der Waals surface area contributed by atoms with Crippen LogP contribution in [0.2, 0.25) is 10.0 Å². The van der Waals surface area contributed by atoms with Crippen molar-refractivity contribution in [2.24, 2.45) is 5.92 Å². The number of benzene rings is 1. The molecule has 1 aromatic carbocycles. The van der Waals surface area contributed by atoms with Gasteiger partial charge in [0.25, 0.3) is 5.91 Å². The Morgan fingerprint density at radius 2 is 2.00 bits per heavy atom. The molecule has 1 aromatic rings. The van der Waals surface area contributed by atoms with Crippen LogP contribution in [0.15, 0.2) is 18.2 Å². The highest BCUT2D eigenvalue weighted by atomic mass is 35.5. The molecule has 0 saturated carbocycles. The molecule has 2 rings (SSSR count). The quantitative estimate of drug-likeness (QED) is 0.855. The molecule has 1 fully saturated rings. The second kappa shape index (κ2) is 6.60. The molecule has 1 amide bonds. The van der Waals surface area contributed by atoms with E-state index < -0.39 is 0 Å². The fraction of sp³-hybridized carbons (Fsp3) is 0.500. The van der Waals surface area contributed by atoms with Crippen LogP contribution in [0.1, 0.15) is 23.2 Å². The molecule has 0 aliphatic carbocycles. The summed E-state index contributed by atoms with van der Waals surface area (Å²) in [6.45, 7) is 2.31. The van der Waals surface area contributed by atoms with Crippen molar-refractivity contribution < 1.29 is 9.53 Å². The molecule has 0 unspecified atom stereocenters. The van der Waals surface area contributed by atoms with Gasteiger partial charge in [0, 0.05) is 32.4 Å². The molecule has 1 aliphatic heterocycles. The molecule has 1 saturated heterocycles. The predicted octanol–water partition coefficient (Wildman–Crippen LogP) is 3.49. The summed E-state index contributed by atoms with van der Waals surface area (Å²) in [7, 11) is 1.72. The van der Waals surface area contributed by atoms with Gasteiger partial charge in [0.1, 0.15) is 0 Å². The molecular weight excluding hydrogens is 285 g/mol. The number of hydrogen-bond donors (Lipinski definition) is 0. The minimum absolute atomic E-state index is 0.0226. The van der Waals surface area contributed by atoms with Gasteiger partial charge in [-0.3, -0.25) is 4.79 Å². The van der Waals surface area contributed by atoms with Gasteiger partial charge in [-0.1, -0.05) is 23.2 Å². The molecule has 3 nitrogen and oxygen atoms in total. The van der Waals surface area contributed by atoms with E-state index in [-0.39, 0.29) is 5.91 Å². The third kappa shape index (κ3) is 3.62.